The Labute approximate surface area is 541 Å². The number of rotatable bonds is 10. The molecule has 7 nitrogen and oxygen atoms in total. The van der Waals surface area contributed by atoms with E-state index in [0.717, 1.165) is 111 Å². The van der Waals surface area contributed by atoms with Crippen LogP contribution in [0.1, 0.15) is 0 Å². The fourth-order valence-corrected chi connectivity index (χ4v) is 14.7. The van der Waals surface area contributed by atoms with E-state index in [4.69, 9.17) is 15.0 Å². The van der Waals surface area contributed by atoms with E-state index in [0.29, 0.717) is 17.6 Å². The molecule has 0 unspecified atom stereocenters. The first-order valence-electron chi connectivity index (χ1n) is 32.0. The Bertz CT molecular complexity index is 6210. The summed E-state index contributed by atoms with van der Waals surface area (Å²) in [6.45, 7) is 0. The summed E-state index contributed by atoms with van der Waals surface area (Å²) in [4.78, 5) is 17.0. The van der Waals surface area contributed by atoms with Crippen LogP contribution < -0.4 is 0 Å². The molecule has 0 fully saturated rings. The molecule has 7 heteroatoms. The summed E-state index contributed by atoms with van der Waals surface area (Å²) in [5.41, 5.74) is 22.7. The summed E-state index contributed by atoms with van der Waals surface area (Å²) in [5, 5.41) is 9.40. The number of fused-ring (bicyclic) bond motifs is 12. The van der Waals surface area contributed by atoms with E-state index >= 15 is 0 Å². The van der Waals surface area contributed by atoms with Crippen molar-refractivity contribution in [2.45, 2.75) is 0 Å². The molecule has 0 bridgehead atoms. The largest absolute Gasteiger partial charge is 0.309 e. The van der Waals surface area contributed by atoms with Crippen molar-refractivity contribution in [2.75, 3.05) is 0 Å². The normalized spacial score (nSPS) is 11.8. The third-order valence-corrected chi connectivity index (χ3v) is 19.0. The molecule has 0 saturated heterocycles. The van der Waals surface area contributed by atoms with E-state index in [9.17, 15) is 0 Å². The van der Waals surface area contributed by atoms with Gasteiger partial charge >= 0.3 is 0 Å². The Hall–Kier alpha value is -12.7. The number of para-hydroxylation sites is 6. The van der Waals surface area contributed by atoms with Crippen LogP contribution in [0.5, 0.6) is 0 Å². The third-order valence-electron chi connectivity index (χ3n) is 19.0. The summed E-state index contributed by atoms with van der Waals surface area (Å²) >= 11 is 0. The molecule has 0 aliphatic heterocycles. The molecule has 0 atom stereocenters. The Morgan fingerprint density at radius 3 is 1.07 bits per heavy atom. The minimum absolute atomic E-state index is 0.518. The van der Waals surface area contributed by atoms with E-state index in [-0.39, 0.29) is 0 Å². The Balaban J connectivity index is 0.810. The zero-order chi connectivity index (χ0) is 61.8. The summed E-state index contributed by atoms with van der Waals surface area (Å²) in [7, 11) is 0. The van der Waals surface area contributed by atoms with E-state index in [1.165, 1.54) is 48.9 Å². The first-order valence-corrected chi connectivity index (χ1v) is 32.0. The van der Waals surface area contributed by atoms with Crippen LogP contribution >= 0.6 is 0 Å². The second-order valence-corrected chi connectivity index (χ2v) is 24.3. The molecule has 0 amide bonds. The second kappa shape index (κ2) is 21.5. The predicted octanol–water partition coefficient (Wildman–Crippen LogP) is 22.3. The molecular formula is C87H55N7. The maximum absolute atomic E-state index is 5.68. The molecule has 19 rings (SSSR count). The van der Waals surface area contributed by atoms with Crippen LogP contribution in [-0.4, -0.2) is 33.2 Å². The minimum atomic E-state index is 0.518. The highest BCUT2D eigenvalue weighted by Crippen LogP contribution is 2.43. The fourth-order valence-electron chi connectivity index (χ4n) is 14.7. The van der Waals surface area contributed by atoms with Crippen LogP contribution in [0.3, 0.4) is 0 Å². The van der Waals surface area contributed by atoms with Crippen molar-refractivity contribution >= 4 is 87.2 Å². The Morgan fingerprint density at radius 1 is 0.170 bits per heavy atom. The summed E-state index contributed by atoms with van der Waals surface area (Å²) < 4.78 is 9.40. The third kappa shape index (κ3) is 8.56. The van der Waals surface area contributed by atoms with Crippen molar-refractivity contribution in [3.63, 3.8) is 0 Å². The number of benzene rings is 14. The van der Waals surface area contributed by atoms with Gasteiger partial charge < -0.3 is 13.7 Å². The minimum Gasteiger partial charge on any atom is -0.309 e. The first kappa shape index (κ1) is 53.2. The monoisotopic (exact) mass is 1200 g/mol. The molecule has 0 radical (unpaired) electrons. The van der Waals surface area contributed by atoms with E-state index in [1.807, 2.05) is 0 Å². The Morgan fingerprint density at radius 2 is 0.532 bits per heavy atom. The average Bonchev–Trinajstić information content (AvgIpc) is 1.61. The van der Waals surface area contributed by atoms with Crippen LogP contribution in [-0.2, 0) is 0 Å². The standard InChI is InChI=1S/C87H55N7/c1-5-22-56(23-6-1)58-40-45-67(57-24-7-2-8-25-57)76(53-58)86-88-85(89-87(90-86)94-80-39-20-14-33-69(80)73-47-42-62(55-84(73)94)60-44-49-82-75(52-60)71-35-16-19-38-79(71)92(82)65-29-11-4-12-30-65)63-26-21-31-66(50-63)93-77-36-17-13-32-68(77)72-46-41-61(54-83(72)93)59-43-48-81-74(51-59)70-34-15-18-37-78(70)91(81)64-27-9-3-10-28-64/h1-55H. The zero-order valence-electron chi connectivity index (χ0n) is 50.9. The number of aromatic nitrogens is 7. The van der Waals surface area contributed by atoms with Gasteiger partial charge in [-0.05, 0) is 148 Å². The van der Waals surface area contributed by atoms with Crippen molar-refractivity contribution in [1.29, 1.82) is 0 Å². The molecule has 0 aliphatic rings. The molecule has 5 aromatic heterocycles. The molecule has 94 heavy (non-hydrogen) atoms. The van der Waals surface area contributed by atoms with Crippen LogP contribution in [0.2, 0.25) is 0 Å². The van der Waals surface area contributed by atoms with Gasteiger partial charge in [-0.3, -0.25) is 4.57 Å². The summed E-state index contributed by atoms with van der Waals surface area (Å²) in [5.74, 6) is 1.64. The van der Waals surface area contributed by atoms with E-state index in [1.54, 1.807) is 0 Å². The van der Waals surface area contributed by atoms with Gasteiger partial charge in [0.05, 0.1) is 44.1 Å². The predicted molar refractivity (Wildman–Crippen MR) is 390 cm³/mol. The zero-order valence-corrected chi connectivity index (χ0v) is 50.9. The lowest BCUT2D eigenvalue weighted by Crippen LogP contribution is -2.07. The van der Waals surface area contributed by atoms with Gasteiger partial charge in [0.1, 0.15) is 0 Å². The lowest BCUT2D eigenvalue weighted by Gasteiger charge is -2.15. The molecule has 5 heterocycles. The van der Waals surface area contributed by atoms with E-state index < -0.39 is 0 Å². The summed E-state index contributed by atoms with van der Waals surface area (Å²) in [6, 6.07) is 120. The fraction of sp³-hybridized carbons (Fsp3) is 0. The van der Waals surface area contributed by atoms with Gasteiger partial charge in [0, 0.05) is 71.3 Å². The Kier molecular flexibility index (Phi) is 12.1. The van der Waals surface area contributed by atoms with Crippen LogP contribution in [0.25, 0.3) is 178 Å². The highest BCUT2D eigenvalue weighted by atomic mass is 15.2. The quantitative estimate of drug-likeness (QED) is 0.137. The van der Waals surface area contributed by atoms with Crippen LogP contribution in [0.4, 0.5) is 0 Å². The van der Waals surface area contributed by atoms with Crippen molar-refractivity contribution in [3.8, 4) is 90.3 Å². The smallest absolute Gasteiger partial charge is 0.238 e. The van der Waals surface area contributed by atoms with Gasteiger partial charge in [-0.25, -0.2) is 4.98 Å². The molecule has 0 spiro atoms. The van der Waals surface area contributed by atoms with Crippen molar-refractivity contribution in [1.82, 2.24) is 33.2 Å². The molecule has 19 aromatic rings. The van der Waals surface area contributed by atoms with Crippen LogP contribution in [0.15, 0.2) is 334 Å². The van der Waals surface area contributed by atoms with Crippen molar-refractivity contribution < 1.29 is 0 Å². The maximum atomic E-state index is 5.68. The molecule has 0 aliphatic carbocycles. The molecule has 0 saturated carbocycles. The van der Waals surface area contributed by atoms with E-state index in [2.05, 4.69) is 352 Å². The lowest BCUT2D eigenvalue weighted by molar-refractivity contribution is 0.953. The van der Waals surface area contributed by atoms with Gasteiger partial charge in [0.15, 0.2) is 11.6 Å². The summed E-state index contributed by atoms with van der Waals surface area (Å²) in [6.07, 6.45) is 0. The SMILES string of the molecule is c1ccc(-c2ccc(-c3ccccc3)c(-c3nc(-c4cccc(-n5c6ccccc6c6ccc(-c7ccc8c(c7)c7ccccc7n8-c7ccccc7)cc65)c4)nc(-n4c5ccccc5c5ccc(-c6ccc7c(c6)c6ccccc6n7-c6ccccc6)cc54)n3)c2)cc1. The average molecular weight is 1200 g/mol. The van der Waals surface area contributed by atoms with Gasteiger partial charge in [-0.15, -0.1) is 0 Å². The topological polar surface area (TPSA) is 58.4 Å². The number of hydrogen-bond donors (Lipinski definition) is 0. The van der Waals surface area contributed by atoms with Gasteiger partial charge in [0.2, 0.25) is 5.95 Å². The maximum Gasteiger partial charge on any atom is 0.238 e. The first-order chi connectivity index (χ1) is 46.6. The lowest BCUT2D eigenvalue weighted by atomic mass is 9.94. The number of hydrogen-bond acceptors (Lipinski definition) is 3. The van der Waals surface area contributed by atoms with Crippen LogP contribution in [0, 0.1) is 0 Å². The van der Waals surface area contributed by atoms with Crippen molar-refractivity contribution in [2.24, 2.45) is 0 Å². The molecule has 14 aromatic carbocycles. The second-order valence-electron chi connectivity index (χ2n) is 24.3. The highest BCUT2D eigenvalue weighted by molar-refractivity contribution is 6.14. The van der Waals surface area contributed by atoms with Gasteiger partial charge in [-0.2, -0.15) is 9.97 Å². The van der Waals surface area contributed by atoms with Crippen molar-refractivity contribution in [3.05, 3.63) is 334 Å². The van der Waals surface area contributed by atoms with Gasteiger partial charge in [-0.1, -0.05) is 231 Å². The number of nitrogens with zero attached hydrogens (tertiary/aromatic N) is 7. The highest BCUT2D eigenvalue weighted by Gasteiger charge is 2.24. The molecule has 0 N–H and O–H groups in total. The molecular weight excluding hydrogens is 1140 g/mol. The molecule has 438 valence electrons. The van der Waals surface area contributed by atoms with Gasteiger partial charge in [0.25, 0.3) is 0 Å².